The summed E-state index contributed by atoms with van der Waals surface area (Å²) in [4.78, 5) is 38.6. The zero-order chi connectivity index (χ0) is 31.5. The summed E-state index contributed by atoms with van der Waals surface area (Å²) in [6.07, 6.45) is 4.37. The second-order valence-electron chi connectivity index (χ2n) is 10.6. The third-order valence-corrected chi connectivity index (χ3v) is 7.48. The number of nitrogens with one attached hydrogen (secondary N) is 2. The predicted molar refractivity (Wildman–Crippen MR) is 168 cm³/mol. The Morgan fingerprint density at radius 1 is 0.977 bits per heavy atom. The molecule has 1 fully saturated rings. The van der Waals surface area contributed by atoms with Gasteiger partial charge in [0.1, 0.15) is 0 Å². The fourth-order valence-corrected chi connectivity index (χ4v) is 5.06. The largest absolute Gasteiger partial charge is 0.479 e. The number of carboxylic acid groups (broad SMARTS) is 1. The van der Waals surface area contributed by atoms with E-state index in [0.29, 0.717) is 22.9 Å². The van der Waals surface area contributed by atoms with E-state index in [1.54, 1.807) is 53.4 Å². The van der Waals surface area contributed by atoms with E-state index in [4.69, 9.17) is 10.8 Å². The quantitative estimate of drug-likeness (QED) is 0.0908. The van der Waals surface area contributed by atoms with Crippen LogP contribution in [-0.2, 0) is 11.3 Å². The standard InChI is InChI=1S/C32H37N7O5/c1-34-38-37-29(33)25-8-5-9-26(18-25)36-32(44)39(27-16-14-23(15-17-27)22-6-3-2-4-7-22)20-21-10-12-24(13-11-21)30(41)35-19-28(40)31(42)43/h5,8-18,22,28,40H,2-4,6-7,19-20H2,1H3,(H,35,41)(H,36,44)(H,42,43)(H2,33,34,37)/t28-/m1/s1. The minimum Gasteiger partial charge on any atom is -0.479 e. The SMILES string of the molecule is CN=NN=C(N)c1cccc(NC(=O)N(Cc2ccc(C(=O)NC[C@@H](O)C(=O)O)cc2)c2ccc(C3CCCCC3)cc2)c1. The molecule has 44 heavy (non-hydrogen) atoms. The van der Waals surface area contributed by atoms with Crippen molar-refractivity contribution in [2.24, 2.45) is 21.2 Å². The molecule has 0 heterocycles. The van der Waals surface area contributed by atoms with Crippen molar-refractivity contribution in [2.75, 3.05) is 23.8 Å². The maximum absolute atomic E-state index is 13.7. The normalized spacial score (nSPS) is 14.6. The number of hydrogen-bond donors (Lipinski definition) is 5. The highest BCUT2D eigenvalue weighted by atomic mass is 16.4. The van der Waals surface area contributed by atoms with Gasteiger partial charge in [0.05, 0.1) is 20.1 Å². The Morgan fingerprint density at radius 3 is 2.34 bits per heavy atom. The number of hydrogen-bond acceptors (Lipinski definition) is 6. The molecule has 12 heteroatoms. The van der Waals surface area contributed by atoms with Crippen LogP contribution in [0.25, 0.3) is 0 Å². The summed E-state index contributed by atoms with van der Waals surface area (Å²) in [5.41, 5.74) is 10.1. The highest BCUT2D eigenvalue weighted by Gasteiger charge is 2.20. The van der Waals surface area contributed by atoms with Crippen molar-refractivity contribution < 1.29 is 24.6 Å². The van der Waals surface area contributed by atoms with Gasteiger partial charge in [0.2, 0.25) is 0 Å². The lowest BCUT2D eigenvalue weighted by Gasteiger charge is -2.26. The number of carboxylic acids is 1. The summed E-state index contributed by atoms with van der Waals surface area (Å²) in [7, 11) is 1.49. The molecular formula is C32H37N7O5. The number of benzene rings is 3. The highest BCUT2D eigenvalue weighted by Crippen LogP contribution is 2.33. The number of amidine groups is 1. The van der Waals surface area contributed by atoms with Crippen molar-refractivity contribution in [1.29, 1.82) is 0 Å². The van der Waals surface area contributed by atoms with Crippen LogP contribution in [0.4, 0.5) is 16.2 Å². The van der Waals surface area contributed by atoms with E-state index in [1.165, 1.54) is 44.7 Å². The summed E-state index contributed by atoms with van der Waals surface area (Å²) in [6, 6.07) is 21.3. The first-order chi connectivity index (χ1) is 21.2. The zero-order valence-electron chi connectivity index (χ0n) is 24.5. The third kappa shape index (κ3) is 8.71. The number of anilines is 2. The number of amides is 3. The molecule has 4 rings (SSSR count). The van der Waals surface area contributed by atoms with Gasteiger partial charge in [-0.3, -0.25) is 9.69 Å². The van der Waals surface area contributed by atoms with Gasteiger partial charge in [-0.05, 0) is 71.5 Å². The molecular weight excluding hydrogens is 562 g/mol. The van der Waals surface area contributed by atoms with E-state index < -0.39 is 24.5 Å². The van der Waals surface area contributed by atoms with Gasteiger partial charge in [-0.1, -0.05) is 55.7 Å². The zero-order valence-corrected chi connectivity index (χ0v) is 24.5. The first-order valence-electron chi connectivity index (χ1n) is 14.4. The van der Waals surface area contributed by atoms with Crippen molar-refractivity contribution in [3.63, 3.8) is 0 Å². The number of urea groups is 1. The summed E-state index contributed by atoms with van der Waals surface area (Å²) in [5, 5.41) is 34.5. The van der Waals surface area contributed by atoms with Crippen LogP contribution in [-0.4, -0.2) is 53.7 Å². The van der Waals surface area contributed by atoms with Crippen molar-refractivity contribution in [3.8, 4) is 0 Å². The Balaban J connectivity index is 1.54. The van der Waals surface area contributed by atoms with Crippen LogP contribution in [0, 0.1) is 0 Å². The van der Waals surface area contributed by atoms with Crippen molar-refractivity contribution in [3.05, 3.63) is 95.1 Å². The fraction of sp³-hybridized carbons (Fsp3) is 0.312. The topological polar surface area (TPSA) is 182 Å². The lowest BCUT2D eigenvalue weighted by atomic mass is 9.84. The molecule has 0 unspecified atom stereocenters. The lowest BCUT2D eigenvalue weighted by molar-refractivity contribution is -0.146. The van der Waals surface area contributed by atoms with E-state index in [2.05, 4.69) is 38.2 Å². The van der Waals surface area contributed by atoms with Gasteiger partial charge in [0, 0.05) is 22.5 Å². The molecule has 1 atom stereocenters. The van der Waals surface area contributed by atoms with Crippen molar-refractivity contribution >= 4 is 35.1 Å². The van der Waals surface area contributed by atoms with E-state index in [1.807, 2.05) is 12.1 Å². The number of nitrogens with two attached hydrogens (primary N) is 1. The molecule has 1 aliphatic rings. The summed E-state index contributed by atoms with van der Waals surface area (Å²) in [5.74, 6) is -1.26. The fourth-order valence-electron chi connectivity index (χ4n) is 5.06. The molecule has 1 aliphatic carbocycles. The smallest absolute Gasteiger partial charge is 0.334 e. The Kier molecular flexibility index (Phi) is 11.1. The first-order valence-corrected chi connectivity index (χ1v) is 14.4. The van der Waals surface area contributed by atoms with Gasteiger partial charge in [-0.2, -0.15) is 5.11 Å². The predicted octanol–water partition coefficient (Wildman–Crippen LogP) is 4.85. The second-order valence-corrected chi connectivity index (χ2v) is 10.6. The molecule has 0 aromatic heterocycles. The molecule has 230 valence electrons. The molecule has 12 nitrogen and oxygen atoms in total. The van der Waals surface area contributed by atoms with Gasteiger partial charge >= 0.3 is 12.0 Å². The minimum absolute atomic E-state index is 0.156. The van der Waals surface area contributed by atoms with Gasteiger partial charge in [0.15, 0.2) is 11.9 Å². The van der Waals surface area contributed by atoms with E-state index >= 15 is 0 Å². The number of carbonyl (C=O) groups excluding carboxylic acids is 2. The van der Waals surface area contributed by atoms with Gasteiger partial charge in [-0.15, -0.1) is 5.10 Å². The number of nitrogens with zero attached hydrogens (tertiary/aromatic N) is 4. The number of rotatable bonds is 11. The maximum Gasteiger partial charge on any atom is 0.334 e. The van der Waals surface area contributed by atoms with E-state index in [0.717, 1.165) is 5.56 Å². The lowest BCUT2D eigenvalue weighted by Crippen LogP contribution is -2.36. The van der Waals surface area contributed by atoms with E-state index in [-0.39, 0.29) is 24.0 Å². The Hall–Kier alpha value is -5.10. The van der Waals surface area contributed by atoms with Gasteiger partial charge in [-0.25, -0.2) is 9.59 Å². The minimum atomic E-state index is -1.69. The summed E-state index contributed by atoms with van der Waals surface area (Å²) < 4.78 is 0. The van der Waals surface area contributed by atoms with Crippen LogP contribution in [0.15, 0.2) is 88.2 Å². The second kappa shape index (κ2) is 15.4. The van der Waals surface area contributed by atoms with Crippen LogP contribution in [0.5, 0.6) is 0 Å². The van der Waals surface area contributed by atoms with Crippen LogP contribution < -0.4 is 21.3 Å². The van der Waals surface area contributed by atoms with Crippen LogP contribution in [0.3, 0.4) is 0 Å². The molecule has 1 saturated carbocycles. The van der Waals surface area contributed by atoms with Crippen LogP contribution >= 0.6 is 0 Å². The Bertz CT molecular complexity index is 1500. The number of aliphatic hydroxyl groups excluding tert-OH is 1. The molecule has 3 aromatic carbocycles. The van der Waals surface area contributed by atoms with Crippen molar-refractivity contribution in [1.82, 2.24) is 5.32 Å². The molecule has 0 aliphatic heterocycles. The molecule has 3 amide bonds. The number of carbonyl (C=O) groups is 3. The van der Waals surface area contributed by atoms with Crippen LogP contribution in [0.1, 0.15) is 65.1 Å². The molecule has 6 N–H and O–H groups in total. The molecule has 0 radical (unpaired) electrons. The van der Waals surface area contributed by atoms with Crippen molar-refractivity contribution in [2.45, 2.75) is 50.7 Å². The van der Waals surface area contributed by atoms with E-state index in [9.17, 15) is 19.5 Å². The van der Waals surface area contributed by atoms with Gasteiger partial charge in [0.25, 0.3) is 5.91 Å². The van der Waals surface area contributed by atoms with Gasteiger partial charge < -0.3 is 26.6 Å². The average molecular weight is 600 g/mol. The average Bonchev–Trinajstić information content (AvgIpc) is 3.05. The number of aliphatic hydroxyl groups is 1. The highest BCUT2D eigenvalue weighted by molar-refractivity contribution is 6.03. The molecule has 3 aromatic rings. The first kappa shape index (κ1) is 31.8. The monoisotopic (exact) mass is 599 g/mol. The summed E-state index contributed by atoms with van der Waals surface area (Å²) in [6.45, 7) is -0.212. The Labute approximate surface area is 255 Å². The number of aliphatic carboxylic acids is 1. The maximum atomic E-state index is 13.7. The molecule has 0 saturated heterocycles. The third-order valence-electron chi connectivity index (χ3n) is 7.48. The molecule has 0 spiro atoms. The Morgan fingerprint density at radius 2 is 1.68 bits per heavy atom. The van der Waals surface area contributed by atoms with Crippen LogP contribution in [0.2, 0.25) is 0 Å². The molecule has 0 bridgehead atoms. The summed E-state index contributed by atoms with van der Waals surface area (Å²) >= 11 is 0.